The highest BCUT2D eigenvalue weighted by Crippen LogP contribution is 2.48. The van der Waals surface area contributed by atoms with Crippen LogP contribution in [0.1, 0.15) is 140 Å². The summed E-state index contributed by atoms with van der Waals surface area (Å²) >= 11 is 0. The first-order chi connectivity index (χ1) is 22.3. The van der Waals surface area contributed by atoms with Gasteiger partial charge in [0, 0.05) is 18.9 Å². The van der Waals surface area contributed by atoms with Crippen molar-refractivity contribution in [2.45, 2.75) is 201 Å². The van der Waals surface area contributed by atoms with Gasteiger partial charge in [0.15, 0.2) is 22.9 Å². The van der Waals surface area contributed by atoms with Crippen LogP contribution in [0.3, 0.4) is 0 Å². The molecule has 0 aliphatic heterocycles. The van der Waals surface area contributed by atoms with Crippen LogP contribution in [0.25, 0.3) is 0 Å². The van der Waals surface area contributed by atoms with Crippen molar-refractivity contribution in [3.8, 4) is 0 Å². The first kappa shape index (κ1) is 45.2. The standard InChI is InChI=1S/C40H78O6Si2/c1-15-18-23-26-33(44-32(4)42-16-2)29-30-35-34(27-24-21-19-20-22-25-28-38(41)43-17-3)36(45-47(11,12)39(5,6)7)31-37(35)46-48(13,14)40(8,9)10/h21,24,29-30,32-37H,15-20,22-23,25-28,31H2,1-14H3/b24-21-,30-29+/t32?,33-,34+,35-,36+,37-/m1/s1. The smallest absolute Gasteiger partial charge is 0.305 e. The number of allylic oxidation sites excluding steroid dienone is 2. The van der Waals surface area contributed by atoms with Crippen molar-refractivity contribution in [3.05, 3.63) is 24.3 Å². The van der Waals surface area contributed by atoms with Crippen LogP contribution in [0.4, 0.5) is 0 Å². The molecule has 0 saturated heterocycles. The summed E-state index contributed by atoms with van der Waals surface area (Å²) in [5, 5.41) is 0.259. The topological polar surface area (TPSA) is 63.2 Å². The first-order valence-electron chi connectivity index (χ1n) is 19.4. The van der Waals surface area contributed by atoms with Crippen LogP contribution in [0.15, 0.2) is 24.3 Å². The largest absolute Gasteiger partial charge is 0.466 e. The quantitative estimate of drug-likeness (QED) is 0.0346. The highest BCUT2D eigenvalue weighted by Gasteiger charge is 2.50. The monoisotopic (exact) mass is 711 g/mol. The van der Waals surface area contributed by atoms with Crippen LogP contribution in [0, 0.1) is 11.8 Å². The summed E-state index contributed by atoms with van der Waals surface area (Å²) in [4.78, 5) is 11.7. The van der Waals surface area contributed by atoms with Gasteiger partial charge >= 0.3 is 5.97 Å². The zero-order valence-corrected chi connectivity index (χ0v) is 35.9. The Kier molecular flexibility index (Phi) is 20.3. The number of ether oxygens (including phenoxy) is 3. The van der Waals surface area contributed by atoms with Gasteiger partial charge in [-0.3, -0.25) is 4.79 Å². The van der Waals surface area contributed by atoms with Gasteiger partial charge in [0.25, 0.3) is 0 Å². The molecule has 48 heavy (non-hydrogen) atoms. The van der Waals surface area contributed by atoms with E-state index < -0.39 is 16.6 Å². The Morgan fingerprint density at radius 3 is 2.00 bits per heavy atom. The summed E-state index contributed by atoms with van der Waals surface area (Å²) in [5.74, 6) is 0.481. The van der Waals surface area contributed by atoms with Gasteiger partial charge < -0.3 is 23.1 Å². The Bertz CT molecular complexity index is 948. The maximum atomic E-state index is 11.7. The molecule has 1 fully saturated rings. The molecule has 6 atom stereocenters. The lowest BCUT2D eigenvalue weighted by atomic mass is 9.89. The molecule has 0 bridgehead atoms. The van der Waals surface area contributed by atoms with Crippen molar-refractivity contribution < 1.29 is 27.9 Å². The average Bonchev–Trinajstić information content (AvgIpc) is 3.25. The summed E-state index contributed by atoms with van der Waals surface area (Å²) < 4.78 is 31.9. The summed E-state index contributed by atoms with van der Waals surface area (Å²) in [6, 6.07) is 0. The fourth-order valence-electron chi connectivity index (χ4n) is 5.92. The summed E-state index contributed by atoms with van der Waals surface area (Å²) in [6.07, 6.45) is 20.5. The van der Waals surface area contributed by atoms with Crippen molar-refractivity contribution in [3.63, 3.8) is 0 Å². The number of hydrogen-bond acceptors (Lipinski definition) is 6. The Hall–Kier alpha value is -0.776. The third-order valence-corrected chi connectivity index (χ3v) is 19.9. The molecular formula is C40H78O6Si2. The zero-order valence-electron chi connectivity index (χ0n) is 33.9. The van der Waals surface area contributed by atoms with Crippen molar-refractivity contribution in [1.82, 2.24) is 0 Å². The minimum Gasteiger partial charge on any atom is -0.466 e. The zero-order chi connectivity index (χ0) is 36.6. The van der Waals surface area contributed by atoms with Crippen molar-refractivity contribution in [2.24, 2.45) is 11.8 Å². The lowest BCUT2D eigenvalue weighted by Crippen LogP contribution is -2.45. The molecule has 1 aliphatic carbocycles. The SMILES string of the molecule is CCCCC[C@H](/C=C/[C@@H]1[C@H](C/C=C\CCCCCC(=O)OCC)[C@@H](O[Si](C)(C)C(C)(C)C)C[C@H]1O[Si](C)(C)C(C)(C)C)OC(C)OCC. The van der Waals surface area contributed by atoms with Gasteiger partial charge in [-0.15, -0.1) is 0 Å². The molecule has 8 heteroatoms. The van der Waals surface area contributed by atoms with Crippen molar-refractivity contribution in [1.29, 1.82) is 0 Å². The van der Waals surface area contributed by atoms with Gasteiger partial charge in [-0.25, -0.2) is 0 Å². The average molecular weight is 711 g/mol. The molecular weight excluding hydrogens is 633 g/mol. The fraction of sp³-hybridized carbons (Fsp3) is 0.875. The molecule has 282 valence electrons. The molecule has 0 aromatic rings. The van der Waals surface area contributed by atoms with Crippen LogP contribution < -0.4 is 0 Å². The fourth-order valence-corrected chi connectivity index (χ4v) is 8.67. The minimum atomic E-state index is -2.04. The van der Waals surface area contributed by atoms with E-state index in [0.29, 0.717) is 25.6 Å². The van der Waals surface area contributed by atoms with E-state index in [0.717, 1.165) is 51.4 Å². The van der Waals surface area contributed by atoms with E-state index in [4.69, 9.17) is 23.1 Å². The van der Waals surface area contributed by atoms with E-state index in [-0.39, 0.29) is 46.6 Å². The van der Waals surface area contributed by atoms with E-state index in [9.17, 15) is 4.79 Å². The summed E-state index contributed by atoms with van der Waals surface area (Å²) in [5.41, 5.74) is 0. The molecule has 1 aliphatic rings. The van der Waals surface area contributed by atoms with Crippen LogP contribution in [0.5, 0.6) is 0 Å². The predicted molar refractivity (Wildman–Crippen MR) is 208 cm³/mol. The highest BCUT2D eigenvalue weighted by molar-refractivity contribution is 6.74. The number of unbranched alkanes of at least 4 members (excludes halogenated alkanes) is 5. The Morgan fingerprint density at radius 2 is 1.44 bits per heavy atom. The Morgan fingerprint density at radius 1 is 0.812 bits per heavy atom. The number of rotatable bonds is 23. The molecule has 0 heterocycles. The second-order valence-electron chi connectivity index (χ2n) is 17.0. The predicted octanol–water partition coefficient (Wildman–Crippen LogP) is 11.8. The van der Waals surface area contributed by atoms with Gasteiger partial charge in [-0.1, -0.05) is 98.5 Å². The molecule has 0 aromatic heterocycles. The molecule has 1 rings (SSSR count). The van der Waals surface area contributed by atoms with Crippen LogP contribution in [-0.2, 0) is 27.9 Å². The molecule has 0 radical (unpaired) electrons. The van der Waals surface area contributed by atoms with Gasteiger partial charge in [0.05, 0.1) is 24.9 Å². The molecule has 1 saturated carbocycles. The van der Waals surface area contributed by atoms with Crippen molar-refractivity contribution >= 4 is 22.6 Å². The van der Waals surface area contributed by atoms with Crippen LogP contribution in [-0.4, -0.2) is 60.4 Å². The third-order valence-electron chi connectivity index (χ3n) is 10.9. The number of esters is 1. The second-order valence-corrected chi connectivity index (χ2v) is 26.5. The van der Waals surface area contributed by atoms with Crippen LogP contribution in [0.2, 0.25) is 36.3 Å². The molecule has 0 spiro atoms. The normalized spacial score (nSPS) is 22.5. The maximum Gasteiger partial charge on any atom is 0.305 e. The van der Waals surface area contributed by atoms with Crippen LogP contribution >= 0.6 is 0 Å². The Balaban J connectivity index is 3.38. The maximum absolute atomic E-state index is 11.7. The van der Waals surface area contributed by atoms with E-state index in [1.807, 2.05) is 20.8 Å². The molecule has 0 aromatic carbocycles. The Labute approximate surface area is 299 Å². The first-order valence-corrected chi connectivity index (χ1v) is 25.2. The van der Waals surface area contributed by atoms with E-state index >= 15 is 0 Å². The summed E-state index contributed by atoms with van der Waals surface area (Å²) in [6.45, 7) is 32.8. The number of carbonyl (C=O) groups excluding carboxylic acids is 1. The summed E-state index contributed by atoms with van der Waals surface area (Å²) in [7, 11) is -4.06. The van der Waals surface area contributed by atoms with Gasteiger partial charge in [0.2, 0.25) is 0 Å². The lowest BCUT2D eigenvalue weighted by molar-refractivity contribution is -0.147. The van der Waals surface area contributed by atoms with Gasteiger partial charge in [0.1, 0.15) is 0 Å². The van der Waals surface area contributed by atoms with E-state index in [2.05, 4.69) is 99.0 Å². The third kappa shape index (κ3) is 16.1. The van der Waals surface area contributed by atoms with E-state index in [1.165, 1.54) is 12.8 Å². The molecule has 0 N–H and O–H groups in total. The minimum absolute atomic E-state index is 0.0118. The molecule has 6 nitrogen and oxygen atoms in total. The van der Waals surface area contributed by atoms with Gasteiger partial charge in [-0.2, -0.15) is 0 Å². The van der Waals surface area contributed by atoms with E-state index in [1.54, 1.807) is 0 Å². The van der Waals surface area contributed by atoms with Gasteiger partial charge in [-0.05, 0) is 101 Å². The highest BCUT2D eigenvalue weighted by atomic mass is 28.4. The molecule has 0 amide bonds. The lowest BCUT2D eigenvalue weighted by Gasteiger charge is -2.40. The number of carbonyl (C=O) groups is 1. The number of hydrogen-bond donors (Lipinski definition) is 0. The van der Waals surface area contributed by atoms with Crippen molar-refractivity contribution in [2.75, 3.05) is 13.2 Å². The second kappa shape index (κ2) is 21.6. The molecule has 1 unspecified atom stereocenters.